The normalized spacial score (nSPS) is 9.18. The Morgan fingerprint density at radius 3 is 2.35 bits per heavy atom. The van der Waals surface area contributed by atoms with Gasteiger partial charge in [-0.15, -0.1) is 0 Å². The summed E-state index contributed by atoms with van der Waals surface area (Å²) in [5.41, 5.74) is 1.33. The van der Waals surface area contributed by atoms with E-state index in [9.17, 15) is 4.79 Å². The molecule has 0 aliphatic rings. The van der Waals surface area contributed by atoms with E-state index in [1.54, 1.807) is 23.1 Å². The summed E-state index contributed by atoms with van der Waals surface area (Å²) in [5.74, 6) is -0.0237. The summed E-state index contributed by atoms with van der Waals surface area (Å²) in [6.07, 6.45) is 0. The lowest BCUT2D eigenvalue weighted by atomic mass is 10.1. The second kappa shape index (κ2) is 6.03. The summed E-state index contributed by atoms with van der Waals surface area (Å²) >= 11 is 3.34. The molecule has 0 heterocycles. The standard InChI is InChI=1S/C12H10BrN3O/c1-9(17)10-2-3-12(11(13)8-10)16(6-4-14)7-5-15/h2-3,8H,6-7H2,1H3. The predicted molar refractivity (Wildman–Crippen MR) is 67.6 cm³/mol. The van der Waals surface area contributed by atoms with E-state index in [0.717, 1.165) is 5.69 Å². The minimum Gasteiger partial charge on any atom is -0.344 e. The third kappa shape index (κ3) is 3.30. The lowest BCUT2D eigenvalue weighted by Gasteiger charge is -2.19. The summed E-state index contributed by atoms with van der Waals surface area (Å²) < 4.78 is 0.704. The number of halogens is 1. The molecule has 0 bridgehead atoms. The number of ketones is 1. The van der Waals surface area contributed by atoms with E-state index < -0.39 is 0 Å². The second-order valence-corrected chi connectivity index (χ2v) is 4.25. The first kappa shape index (κ1) is 13.2. The molecule has 1 aromatic rings. The zero-order valence-electron chi connectivity index (χ0n) is 9.27. The molecule has 0 fully saturated rings. The fourth-order valence-electron chi connectivity index (χ4n) is 1.38. The number of carbonyl (C=O) groups excluding carboxylic acids is 1. The molecule has 0 atom stereocenters. The molecule has 1 rings (SSSR count). The van der Waals surface area contributed by atoms with E-state index in [0.29, 0.717) is 10.0 Å². The zero-order valence-corrected chi connectivity index (χ0v) is 10.9. The van der Waals surface area contributed by atoms with Crippen LogP contribution in [-0.4, -0.2) is 18.9 Å². The lowest BCUT2D eigenvalue weighted by Crippen LogP contribution is -2.24. The fraction of sp³-hybridized carbons (Fsp3) is 0.250. The molecule has 0 saturated heterocycles. The topological polar surface area (TPSA) is 67.9 Å². The Bertz CT molecular complexity index is 497. The van der Waals surface area contributed by atoms with Gasteiger partial charge in [-0.05, 0) is 41.1 Å². The average Bonchev–Trinajstić information content (AvgIpc) is 2.28. The molecule has 1 aromatic carbocycles. The molecule has 4 nitrogen and oxygen atoms in total. The van der Waals surface area contributed by atoms with Crippen LogP contribution in [0.3, 0.4) is 0 Å². The van der Waals surface area contributed by atoms with Crippen molar-refractivity contribution in [2.24, 2.45) is 0 Å². The number of benzene rings is 1. The van der Waals surface area contributed by atoms with Crippen LogP contribution >= 0.6 is 15.9 Å². The molecule has 17 heavy (non-hydrogen) atoms. The number of hydrogen-bond donors (Lipinski definition) is 0. The molecule has 0 unspecified atom stereocenters. The highest BCUT2D eigenvalue weighted by molar-refractivity contribution is 9.10. The molecule has 0 aromatic heterocycles. The highest BCUT2D eigenvalue weighted by Crippen LogP contribution is 2.27. The number of hydrogen-bond acceptors (Lipinski definition) is 4. The van der Waals surface area contributed by atoms with Crippen LogP contribution < -0.4 is 4.90 Å². The Kier molecular flexibility index (Phi) is 4.68. The minimum absolute atomic E-state index is 0.0237. The summed E-state index contributed by atoms with van der Waals surface area (Å²) in [7, 11) is 0. The van der Waals surface area contributed by atoms with E-state index in [-0.39, 0.29) is 18.9 Å². The van der Waals surface area contributed by atoms with Gasteiger partial charge in [0.15, 0.2) is 5.78 Å². The van der Waals surface area contributed by atoms with E-state index in [4.69, 9.17) is 10.5 Å². The van der Waals surface area contributed by atoms with Gasteiger partial charge >= 0.3 is 0 Å². The van der Waals surface area contributed by atoms with Crippen molar-refractivity contribution in [1.29, 1.82) is 10.5 Å². The Labute approximate surface area is 108 Å². The number of nitrogens with zero attached hydrogens (tertiary/aromatic N) is 3. The maximum atomic E-state index is 11.2. The van der Waals surface area contributed by atoms with Crippen LogP contribution in [0.1, 0.15) is 17.3 Å². The van der Waals surface area contributed by atoms with Gasteiger partial charge in [-0.25, -0.2) is 0 Å². The third-order valence-corrected chi connectivity index (χ3v) is 2.85. The SMILES string of the molecule is CC(=O)c1ccc(N(CC#N)CC#N)c(Br)c1. The van der Waals surface area contributed by atoms with Crippen LogP contribution in [0, 0.1) is 22.7 Å². The second-order valence-electron chi connectivity index (χ2n) is 3.39. The molecule has 0 N–H and O–H groups in total. The summed E-state index contributed by atoms with van der Waals surface area (Å²) in [6.45, 7) is 1.75. The molecule has 0 radical (unpaired) electrons. The third-order valence-electron chi connectivity index (χ3n) is 2.22. The summed E-state index contributed by atoms with van der Waals surface area (Å²) in [4.78, 5) is 12.8. The van der Waals surface area contributed by atoms with Crippen molar-refractivity contribution in [2.75, 3.05) is 18.0 Å². The number of nitriles is 2. The molecular weight excluding hydrogens is 282 g/mol. The zero-order chi connectivity index (χ0) is 12.8. The fourth-order valence-corrected chi connectivity index (χ4v) is 2.01. The molecule has 0 saturated carbocycles. The van der Waals surface area contributed by atoms with Crippen LogP contribution in [-0.2, 0) is 0 Å². The molecular formula is C12H10BrN3O. The quantitative estimate of drug-likeness (QED) is 0.631. The van der Waals surface area contributed by atoms with E-state index in [1.165, 1.54) is 6.92 Å². The lowest BCUT2D eigenvalue weighted by molar-refractivity contribution is 0.101. The molecule has 0 aliphatic heterocycles. The van der Waals surface area contributed by atoms with E-state index >= 15 is 0 Å². The van der Waals surface area contributed by atoms with Crippen molar-refractivity contribution in [3.8, 4) is 12.1 Å². The maximum Gasteiger partial charge on any atom is 0.159 e. The largest absolute Gasteiger partial charge is 0.344 e. The monoisotopic (exact) mass is 291 g/mol. The smallest absolute Gasteiger partial charge is 0.159 e. The Morgan fingerprint density at radius 1 is 1.35 bits per heavy atom. The highest BCUT2D eigenvalue weighted by Gasteiger charge is 2.11. The van der Waals surface area contributed by atoms with Crippen LogP contribution in [0.25, 0.3) is 0 Å². The van der Waals surface area contributed by atoms with E-state index in [2.05, 4.69) is 15.9 Å². The van der Waals surface area contributed by atoms with Gasteiger partial charge in [-0.1, -0.05) is 0 Å². The molecule has 0 amide bonds. The van der Waals surface area contributed by atoms with Gasteiger partial charge in [0.2, 0.25) is 0 Å². The first-order valence-electron chi connectivity index (χ1n) is 4.89. The van der Waals surface area contributed by atoms with Gasteiger partial charge in [0.25, 0.3) is 0 Å². The van der Waals surface area contributed by atoms with Crippen LogP contribution in [0.15, 0.2) is 22.7 Å². The van der Waals surface area contributed by atoms with Gasteiger partial charge in [-0.2, -0.15) is 10.5 Å². The molecule has 86 valence electrons. The van der Waals surface area contributed by atoms with E-state index in [1.807, 2.05) is 12.1 Å². The Hall–Kier alpha value is -1.85. The summed E-state index contributed by atoms with van der Waals surface area (Å²) in [5, 5.41) is 17.4. The number of rotatable bonds is 4. The maximum absolute atomic E-state index is 11.2. The Balaban J connectivity index is 3.09. The average molecular weight is 292 g/mol. The van der Waals surface area contributed by atoms with Crippen LogP contribution in [0.4, 0.5) is 5.69 Å². The number of carbonyl (C=O) groups is 1. The van der Waals surface area contributed by atoms with Gasteiger partial charge < -0.3 is 4.90 Å². The van der Waals surface area contributed by atoms with Gasteiger partial charge in [0.05, 0.1) is 17.8 Å². The molecule has 0 spiro atoms. The number of anilines is 1. The highest BCUT2D eigenvalue weighted by atomic mass is 79.9. The van der Waals surface area contributed by atoms with Crippen molar-refractivity contribution in [2.45, 2.75) is 6.92 Å². The molecule has 0 aliphatic carbocycles. The van der Waals surface area contributed by atoms with Crippen molar-refractivity contribution < 1.29 is 4.79 Å². The van der Waals surface area contributed by atoms with Crippen LogP contribution in [0.2, 0.25) is 0 Å². The van der Waals surface area contributed by atoms with Gasteiger partial charge in [-0.3, -0.25) is 4.79 Å². The Morgan fingerprint density at radius 2 is 1.94 bits per heavy atom. The van der Waals surface area contributed by atoms with Gasteiger partial charge in [0, 0.05) is 10.0 Å². The molecule has 5 heteroatoms. The van der Waals surface area contributed by atoms with Crippen molar-refractivity contribution in [3.05, 3.63) is 28.2 Å². The van der Waals surface area contributed by atoms with Crippen LogP contribution in [0.5, 0.6) is 0 Å². The van der Waals surface area contributed by atoms with Crippen molar-refractivity contribution in [1.82, 2.24) is 0 Å². The first-order chi connectivity index (χ1) is 8.10. The van der Waals surface area contributed by atoms with Gasteiger partial charge in [0.1, 0.15) is 13.1 Å². The predicted octanol–water partition coefficient (Wildman–Crippen LogP) is 2.51. The minimum atomic E-state index is -0.0237. The summed E-state index contributed by atoms with van der Waals surface area (Å²) in [6, 6.07) is 9.12. The van der Waals surface area contributed by atoms with Crippen molar-refractivity contribution in [3.63, 3.8) is 0 Å². The van der Waals surface area contributed by atoms with Crippen molar-refractivity contribution >= 4 is 27.4 Å². The number of Topliss-reactive ketones (excluding diaryl/α,β-unsaturated/α-hetero) is 1. The first-order valence-corrected chi connectivity index (χ1v) is 5.68.